The van der Waals surface area contributed by atoms with Crippen LogP contribution in [0.3, 0.4) is 0 Å². The molecule has 1 fully saturated rings. The normalized spacial score (nSPS) is 18.2. The molecule has 0 atom stereocenters. The van der Waals surface area contributed by atoms with E-state index in [2.05, 4.69) is 9.88 Å². The minimum atomic E-state index is -0.00788. The number of aliphatic hydroxyl groups is 1. The van der Waals surface area contributed by atoms with Crippen LogP contribution in [0, 0.1) is 5.92 Å². The summed E-state index contributed by atoms with van der Waals surface area (Å²) in [6, 6.07) is 1.62. The Morgan fingerprint density at radius 1 is 1.42 bits per heavy atom. The summed E-state index contributed by atoms with van der Waals surface area (Å²) in [5, 5.41) is 11.0. The molecule has 0 unspecified atom stereocenters. The molecule has 3 heterocycles. The van der Waals surface area contributed by atoms with Crippen molar-refractivity contribution in [1.29, 1.82) is 0 Å². The highest BCUT2D eigenvalue weighted by Gasteiger charge is 2.19. The van der Waals surface area contributed by atoms with Gasteiger partial charge in [-0.3, -0.25) is 14.1 Å². The molecule has 0 aromatic carbocycles. The molecule has 0 saturated carbocycles. The van der Waals surface area contributed by atoms with Crippen LogP contribution in [0.5, 0.6) is 0 Å². The summed E-state index contributed by atoms with van der Waals surface area (Å²) in [5.41, 5.74) is 0.835. The van der Waals surface area contributed by atoms with Crippen molar-refractivity contribution in [2.45, 2.75) is 19.4 Å². The Morgan fingerprint density at radius 3 is 2.95 bits per heavy atom. The van der Waals surface area contributed by atoms with E-state index >= 15 is 0 Å². The van der Waals surface area contributed by atoms with Crippen molar-refractivity contribution in [3.63, 3.8) is 0 Å². The number of aromatic nitrogens is 2. The van der Waals surface area contributed by atoms with Gasteiger partial charge in [0.25, 0.3) is 5.56 Å². The van der Waals surface area contributed by atoms with Crippen molar-refractivity contribution >= 4 is 16.3 Å². The Hall–Kier alpha value is -1.24. The molecular formula is C13H17N3O2S. The van der Waals surface area contributed by atoms with Gasteiger partial charge >= 0.3 is 0 Å². The van der Waals surface area contributed by atoms with Gasteiger partial charge in [-0.1, -0.05) is 0 Å². The number of aliphatic hydroxyl groups excluding tert-OH is 1. The molecular weight excluding hydrogens is 262 g/mol. The van der Waals surface area contributed by atoms with Gasteiger partial charge in [0.15, 0.2) is 4.96 Å². The Labute approximate surface area is 115 Å². The zero-order valence-electron chi connectivity index (χ0n) is 10.7. The largest absolute Gasteiger partial charge is 0.396 e. The standard InChI is InChI=1S/C13H17N3O2S/c17-9-10-1-3-15(4-2-10)8-11-7-12(18)16-5-6-19-13(16)14-11/h5-7,10,17H,1-4,8-9H2. The number of piperidine rings is 1. The second-order valence-electron chi connectivity index (χ2n) is 5.04. The number of fused-ring (bicyclic) bond motifs is 1. The van der Waals surface area contributed by atoms with E-state index in [1.807, 2.05) is 5.38 Å². The molecule has 3 rings (SSSR count). The highest BCUT2D eigenvalue weighted by molar-refractivity contribution is 7.15. The van der Waals surface area contributed by atoms with Crippen LogP contribution in [-0.4, -0.2) is 39.1 Å². The third-order valence-corrected chi connectivity index (χ3v) is 4.46. The molecule has 6 heteroatoms. The maximum atomic E-state index is 11.9. The van der Waals surface area contributed by atoms with Crippen molar-refractivity contribution in [2.24, 2.45) is 5.92 Å². The number of hydrogen-bond donors (Lipinski definition) is 1. The van der Waals surface area contributed by atoms with Crippen LogP contribution in [0.15, 0.2) is 22.4 Å². The van der Waals surface area contributed by atoms with Crippen LogP contribution in [0.25, 0.3) is 4.96 Å². The summed E-state index contributed by atoms with van der Waals surface area (Å²) in [7, 11) is 0. The van der Waals surface area contributed by atoms with Gasteiger partial charge in [-0.15, -0.1) is 11.3 Å². The van der Waals surface area contributed by atoms with Crippen LogP contribution in [0.4, 0.5) is 0 Å². The fraction of sp³-hybridized carbons (Fsp3) is 0.538. The maximum absolute atomic E-state index is 11.9. The molecule has 2 aromatic heterocycles. The third kappa shape index (κ3) is 2.70. The predicted molar refractivity (Wildman–Crippen MR) is 74.4 cm³/mol. The van der Waals surface area contributed by atoms with Gasteiger partial charge in [0, 0.05) is 30.8 Å². The molecule has 0 amide bonds. The summed E-state index contributed by atoms with van der Waals surface area (Å²) in [6.45, 7) is 2.95. The zero-order valence-corrected chi connectivity index (χ0v) is 11.5. The van der Waals surface area contributed by atoms with Gasteiger partial charge in [0.05, 0.1) is 5.69 Å². The molecule has 5 nitrogen and oxygen atoms in total. The van der Waals surface area contributed by atoms with Gasteiger partial charge in [0.2, 0.25) is 0 Å². The Kier molecular flexibility index (Phi) is 3.63. The first-order valence-electron chi connectivity index (χ1n) is 6.55. The maximum Gasteiger partial charge on any atom is 0.258 e. The van der Waals surface area contributed by atoms with E-state index in [9.17, 15) is 4.79 Å². The van der Waals surface area contributed by atoms with Crippen molar-refractivity contribution in [3.8, 4) is 0 Å². The van der Waals surface area contributed by atoms with E-state index in [-0.39, 0.29) is 12.2 Å². The summed E-state index contributed by atoms with van der Waals surface area (Å²) in [4.78, 5) is 19.5. The fourth-order valence-electron chi connectivity index (χ4n) is 2.53. The number of rotatable bonds is 3. The van der Waals surface area contributed by atoms with E-state index in [0.717, 1.165) is 43.1 Å². The van der Waals surface area contributed by atoms with Crippen LogP contribution in [0.1, 0.15) is 18.5 Å². The average Bonchev–Trinajstić information content (AvgIpc) is 2.88. The van der Waals surface area contributed by atoms with E-state index in [0.29, 0.717) is 5.92 Å². The number of likely N-dealkylation sites (tertiary alicyclic amines) is 1. The fourth-order valence-corrected chi connectivity index (χ4v) is 3.26. The number of thiazole rings is 1. The summed E-state index contributed by atoms with van der Waals surface area (Å²) in [5.74, 6) is 0.439. The first-order chi connectivity index (χ1) is 9.26. The number of nitrogens with zero attached hydrogens (tertiary/aromatic N) is 3. The van der Waals surface area contributed by atoms with Gasteiger partial charge in [-0.2, -0.15) is 0 Å². The molecule has 0 bridgehead atoms. The third-order valence-electron chi connectivity index (χ3n) is 3.71. The molecule has 102 valence electrons. The lowest BCUT2D eigenvalue weighted by Crippen LogP contribution is -2.34. The second-order valence-corrected chi connectivity index (χ2v) is 5.92. The molecule has 1 aliphatic rings. The summed E-state index contributed by atoms with van der Waals surface area (Å²) in [6.07, 6.45) is 3.80. The molecule has 1 aliphatic heterocycles. The van der Waals surface area contributed by atoms with Gasteiger partial charge in [-0.05, 0) is 31.8 Å². The Balaban J connectivity index is 1.73. The average molecular weight is 279 g/mol. The molecule has 0 aliphatic carbocycles. The van der Waals surface area contributed by atoms with E-state index in [4.69, 9.17) is 5.11 Å². The lowest BCUT2D eigenvalue weighted by atomic mass is 9.98. The monoisotopic (exact) mass is 279 g/mol. The number of hydrogen-bond acceptors (Lipinski definition) is 5. The molecule has 2 aromatic rings. The minimum absolute atomic E-state index is 0.00788. The second kappa shape index (κ2) is 5.40. The van der Waals surface area contributed by atoms with Gasteiger partial charge < -0.3 is 5.11 Å². The predicted octanol–water partition coefficient (Wildman–Crippen LogP) is 0.960. The molecule has 19 heavy (non-hydrogen) atoms. The van der Waals surface area contributed by atoms with Crippen molar-refractivity contribution in [3.05, 3.63) is 33.7 Å². The molecule has 0 spiro atoms. The van der Waals surface area contributed by atoms with Crippen molar-refractivity contribution in [1.82, 2.24) is 14.3 Å². The van der Waals surface area contributed by atoms with E-state index < -0.39 is 0 Å². The SMILES string of the molecule is O=c1cc(CN2CCC(CO)CC2)nc2sccn12. The van der Waals surface area contributed by atoms with Crippen LogP contribution < -0.4 is 5.56 Å². The van der Waals surface area contributed by atoms with Crippen molar-refractivity contribution < 1.29 is 5.11 Å². The van der Waals surface area contributed by atoms with E-state index in [1.54, 1.807) is 16.7 Å². The topological polar surface area (TPSA) is 57.8 Å². The minimum Gasteiger partial charge on any atom is -0.396 e. The Bertz CT molecular complexity index is 614. The molecule has 1 N–H and O–H groups in total. The molecule has 1 saturated heterocycles. The van der Waals surface area contributed by atoms with Crippen LogP contribution in [0.2, 0.25) is 0 Å². The first kappa shape index (κ1) is 12.8. The summed E-state index contributed by atoms with van der Waals surface area (Å²) < 4.78 is 1.58. The molecule has 0 radical (unpaired) electrons. The highest BCUT2D eigenvalue weighted by Crippen LogP contribution is 2.18. The lowest BCUT2D eigenvalue weighted by Gasteiger charge is -2.30. The summed E-state index contributed by atoms with van der Waals surface area (Å²) >= 11 is 1.48. The van der Waals surface area contributed by atoms with E-state index in [1.165, 1.54) is 11.3 Å². The highest BCUT2D eigenvalue weighted by atomic mass is 32.1. The quantitative estimate of drug-likeness (QED) is 0.909. The van der Waals surface area contributed by atoms with Gasteiger partial charge in [0.1, 0.15) is 0 Å². The van der Waals surface area contributed by atoms with Crippen LogP contribution >= 0.6 is 11.3 Å². The zero-order chi connectivity index (χ0) is 13.2. The van der Waals surface area contributed by atoms with Crippen molar-refractivity contribution in [2.75, 3.05) is 19.7 Å². The lowest BCUT2D eigenvalue weighted by molar-refractivity contribution is 0.126. The first-order valence-corrected chi connectivity index (χ1v) is 7.43. The Morgan fingerprint density at radius 2 is 2.21 bits per heavy atom. The van der Waals surface area contributed by atoms with Crippen LogP contribution in [-0.2, 0) is 6.54 Å². The van der Waals surface area contributed by atoms with Gasteiger partial charge in [-0.25, -0.2) is 4.98 Å². The smallest absolute Gasteiger partial charge is 0.258 e.